The third-order valence-corrected chi connectivity index (χ3v) is 10.1. The summed E-state index contributed by atoms with van der Waals surface area (Å²) in [5, 5.41) is 10.7. The van der Waals surface area contributed by atoms with E-state index < -0.39 is 29.4 Å². The van der Waals surface area contributed by atoms with Crippen LogP contribution in [0.4, 0.5) is 26.3 Å². The molecule has 2 aliphatic rings. The number of halogens is 6. The fraction of sp³-hybridized carbons (Fsp3) is 0.268. The zero-order valence-electron chi connectivity index (χ0n) is 29.1. The van der Waals surface area contributed by atoms with E-state index in [2.05, 4.69) is 9.97 Å². The summed E-state index contributed by atoms with van der Waals surface area (Å²) in [5.41, 5.74) is 3.12. The largest absolute Gasteiger partial charge is 0.490 e. The van der Waals surface area contributed by atoms with Gasteiger partial charge in [0.1, 0.15) is 11.5 Å². The lowest BCUT2D eigenvalue weighted by Crippen LogP contribution is -2.32. The Labute approximate surface area is 310 Å². The Balaban J connectivity index is 0.000000169. The van der Waals surface area contributed by atoms with E-state index in [-0.39, 0.29) is 35.6 Å². The summed E-state index contributed by atoms with van der Waals surface area (Å²) < 4.78 is 91.9. The molecule has 0 bridgehead atoms. The van der Waals surface area contributed by atoms with Crippen LogP contribution < -0.4 is 9.47 Å². The molecule has 8 nitrogen and oxygen atoms in total. The Kier molecular flexibility index (Phi) is 10.0. The number of hydrogen-bond acceptors (Lipinski definition) is 5. The lowest BCUT2D eigenvalue weighted by Gasteiger charge is -2.35. The third kappa shape index (κ3) is 8.13. The van der Waals surface area contributed by atoms with Crippen molar-refractivity contribution in [3.63, 3.8) is 0 Å². The highest BCUT2D eigenvalue weighted by atomic mass is 19.4. The summed E-state index contributed by atoms with van der Waals surface area (Å²) in [5.74, 6) is 0.0110. The molecule has 0 atom stereocenters. The number of aromatic amines is 2. The van der Waals surface area contributed by atoms with Crippen LogP contribution in [-0.4, -0.2) is 46.3 Å². The molecule has 4 aromatic carbocycles. The molecule has 14 heteroatoms. The Morgan fingerprint density at radius 2 is 1.02 bits per heavy atom. The van der Waals surface area contributed by atoms with Gasteiger partial charge in [0.2, 0.25) is 0 Å². The Bertz CT molecular complexity index is 2320. The van der Waals surface area contributed by atoms with Gasteiger partial charge in [0.25, 0.3) is 0 Å². The van der Waals surface area contributed by atoms with Crippen LogP contribution >= 0.6 is 0 Å². The van der Waals surface area contributed by atoms with Gasteiger partial charge in [-0.2, -0.15) is 26.3 Å². The average molecular weight is 765 g/mol. The number of carboxylic acids is 1. The normalized spacial score (nSPS) is 19.5. The predicted octanol–water partition coefficient (Wildman–Crippen LogP) is 10.5. The average Bonchev–Trinajstić information content (AvgIpc) is 3.75. The number of aromatic nitrogens is 2. The number of fused-ring (bicyclic) bond motifs is 2. The smallest absolute Gasteiger partial charge is 0.416 e. The van der Waals surface area contributed by atoms with Gasteiger partial charge in [0, 0.05) is 34.2 Å². The maximum Gasteiger partial charge on any atom is 0.416 e. The van der Waals surface area contributed by atoms with E-state index in [9.17, 15) is 41.0 Å². The number of methoxy groups -OCH3 is 1. The number of nitrogens with one attached hydrogen (secondary N) is 2. The molecule has 2 fully saturated rings. The van der Waals surface area contributed by atoms with Crippen molar-refractivity contribution in [1.29, 1.82) is 0 Å². The highest BCUT2D eigenvalue weighted by molar-refractivity contribution is 6.04. The number of alkyl halides is 6. The quantitative estimate of drug-likeness (QED) is 0.105. The topological polar surface area (TPSA) is 114 Å². The number of H-pyrrole nitrogens is 2. The van der Waals surface area contributed by atoms with E-state index in [0.29, 0.717) is 22.4 Å². The van der Waals surface area contributed by atoms with Gasteiger partial charge in [0.15, 0.2) is 0 Å². The summed E-state index contributed by atoms with van der Waals surface area (Å²) in [6, 6.07) is 21.1. The second-order valence-corrected chi connectivity index (χ2v) is 13.7. The van der Waals surface area contributed by atoms with Crippen LogP contribution in [0.2, 0.25) is 0 Å². The Morgan fingerprint density at radius 3 is 1.40 bits per heavy atom. The third-order valence-electron chi connectivity index (χ3n) is 10.1. The minimum absolute atomic E-state index is 0.0382. The van der Waals surface area contributed by atoms with Crippen molar-refractivity contribution in [2.75, 3.05) is 7.11 Å². The maximum absolute atomic E-state index is 12.6. The Morgan fingerprint density at radius 1 is 0.618 bits per heavy atom. The predicted molar refractivity (Wildman–Crippen MR) is 191 cm³/mol. The molecule has 2 saturated carbocycles. The number of carbonyl (C=O) groups is 2. The van der Waals surface area contributed by atoms with Crippen LogP contribution in [-0.2, 0) is 17.1 Å². The minimum Gasteiger partial charge on any atom is -0.490 e. The molecule has 6 aromatic rings. The molecule has 0 saturated heterocycles. The van der Waals surface area contributed by atoms with Gasteiger partial charge in [-0.05, 0) is 121 Å². The molecule has 0 radical (unpaired) electrons. The fourth-order valence-corrected chi connectivity index (χ4v) is 6.94. The molecule has 55 heavy (non-hydrogen) atoms. The van der Waals surface area contributed by atoms with E-state index in [1.54, 1.807) is 6.20 Å². The fourth-order valence-electron chi connectivity index (χ4n) is 6.94. The van der Waals surface area contributed by atoms with Gasteiger partial charge < -0.3 is 29.3 Å². The van der Waals surface area contributed by atoms with Crippen molar-refractivity contribution in [2.45, 2.75) is 62.1 Å². The standard InChI is InChI=1S/C21H18F3NO3.C20H16F3NO3/c1-27-20(26)18-11-25-19-7-2-12(10-17(18)19)13-8-16(9-13)28-15-5-3-14(4-6-15)21(22,23)24;21-20(22,23)13-2-4-14(5-3-13)27-15-7-12(8-15)11-1-6-18-16(9-11)17(10-24-18)19(25)26/h2-7,10-11,13,16,25H,8-9H2,1H3;1-6,9-10,12,15,24H,7-8H2,(H,25,26)/t13-,16-;12-,15-. The number of aromatic carboxylic acids is 1. The first-order chi connectivity index (χ1) is 26.2. The Hall–Kier alpha value is -5.92. The molecule has 2 heterocycles. The number of benzene rings is 4. The first kappa shape index (κ1) is 37.4. The molecule has 8 rings (SSSR count). The summed E-state index contributed by atoms with van der Waals surface area (Å²) in [7, 11) is 1.35. The van der Waals surface area contributed by atoms with Gasteiger partial charge in [-0.1, -0.05) is 12.1 Å². The zero-order valence-corrected chi connectivity index (χ0v) is 29.1. The number of rotatable bonds is 8. The number of esters is 1. The monoisotopic (exact) mass is 764 g/mol. The highest BCUT2D eigenvalue weighted by Gasteiger charge is 2.35. The van der Waals surface area contributed by atoms with Crippen LogP contribution in [0.25, 0.3) is 21.8 Å². The number of carbonyl (C=O) groups excluding carboxylic acids is 1. The van der Waals surface area contributed by atoms with Gasteiger partial charge in [-0.15, -0.1) is 0 Å². The summed E-state index contributed by atoms with van der Waals surface area (Å²) in [6.07, 6.45) is -2.68. The molecule has 2 aromatic heterocycles. The van der Waals surface area contributed by atoms with E-state index in [1.807, 2.05) is 36.4 Å². The van der Waals surface area contributed by atoms with E-state index in [4.69, 9.17) is 14.2 Å². The first-order valence-electron chi connectivity index (χ1n) is 17.4. The van der Waals surface area contributed by atoms with Gasteiger partial charge >= 0.3 is 24.3 Å². The lowest BCUT2D eigenvalue weighted by molar-refractivity contribution is -0.138. The van der Waals surface area contributed by atoms with Crippen LogP contribution in [0.1, 0.15) is 80.5 Å². The first-order valence-corrected chi connectivity index (χ1v) is 17.4. The number of hydrogen-bond donors (Lipinski definition) is 3. The van der Waals surface area contributed by atoms with Crippen molar-refractivity contribution >= 4 is 33.7 Å². The molecule has 0 unspecified atom stereocenters. The molecule has 2 aliphatic carbocycles. The molecule has 3 N–H and O–H groups in total. The van der Waals surface area contributed by atoms with Crippen LogP contribution in [0, 0.1) is 0 Å². The minimum atomic E-state index is -4.36. The number of carboxylic acid groups (broad SMARTS) is 1. The van der Waals surface area contributed by atoms with Crippen LogP contribution in [0.15, 0.2) is 97.3 Å². The summed E-state index contributed by atoms with van der Waals surface area (Å²) in [4.78, 5) is 29.1. The van der Waals surface area contributed by atoms with Crippen LogP contribution in [0.3, 0.4) is 0 Å². The van der Waals surface area contributed by atoms with Gasteiger partial charge in [-0.25, -0.2) is 9.59 Å². The molecule has 0 amide bonds. The molecule has 286 valence electrons. The van der Waals surface area contributed by atoms with Crippen molar-refractivity contribution in [2.24, 2.45) is 0 Å². The van der Waals surface area contributed by atoms with Crippen molar-refractivity contribution in [3.8, 4) is 11.5 Å². The summed E-state index contributed by atoms with van der Waals surface area (Å²) in [6.45, 7) is 0. The zero-order chi connectivity index (χ0) is 39.1. The molecular formula is C41H34F6N2O6. The van der Waals surface area contributed by atoms with Gasteiger partial charge in [-0.3, -0.25) is 0 Å². The summed E-state index contributed by atoms with van der Waals surface area (Å²) >= 11 is 0. The van der Waals surface area contributed by atoms with E-state index in [0.717, 1.165) is 77.5 Å². The number of ether oxygens (including phenoxy) is 3. The van der Waals surface area contributed by atoms with Crippen molar-refractivity contribution < 1.29 is 55.2 Å². The van der Waals surface area contributed by atoms with Crippen molar-refractivity contribution in [1.82, 2.24) is 9.97 Å². The molecule has 0 aliphatic heterocycles. The SMILES string of the molecule is COC(=O)c1c[nH]c2ccc([C@H]3C[C@H](Oc4ccc(C(F)(F)F)cc4)C3)cc12.O=C(O)c1c[nH]c2ccc([C@H]3C[C@H](Oc4ccc(C(F)(F)F)cc4)C3)cc12. The van der Waals surface area contributed by atoms with Crippen LogP contribution in [0.5, 0.6) is 11.5 Å². The second kappa shape index (κ2) is 14.7. The van der Waals surface area contributed by atoms with Gasteiger partial charge in [0.05, 0.1) is 41.6 Å². The molecule has 0 spiro atoms. The highest BCUT2D eigenvalue weighted by Crippen LogP contribution is 2.42. The second-order valence-electron chi connectivity index (χ2n) is 13.7. The van der Waals surface area contributed by atoms with E-state index >= 15 is 0 Å². The van der Waals surface area contributed by atoms with Crippen molar-refractivity contribution in [3.05, 3.63) is 131 Å². The van der Waals surface area contributed by atoms with E-state index in [1.165, 1.54) is 37.6 Å². The maximum atomic E-state index is 12.6. The lowest BCUT2D eigenvalue weighted by atomic mass is 9.77. The molecular weight excluding hydrogens is 730 g/mol.